The van der Waals surface area contributed by atoms with Crippen molar-refractivity contribution in [1.82, 2.24) is 25.8 Å². The minimum absolute atomic E-state index is 0.201. The molecule has 0 aromatic carbocycles. The third kappa shape index (κ3) is 3.01. The van der Waals surface area contributed by atoms with E-state index in [1.807, 2.05) is 6.07 Å². The van der Waals surface area contributed by atoms with Crippen molar-refractivity contribution in [2.75, 3.05) is 19.6 Å². The van der Waals surface area contributed by atoms with Gasteiger partial charge in [0.05, 0.1) is 18.6 Å². The van der Waals surface area contributed by atoms with Gasteiger partial charge in [0.25, 0.3) is 0 Å². The number of fused-ring (bicyclic) bond motifs is 3. The van der Waals surface area contributed by atoms with E-state index in [1.54, 1.807) is 4.90 Å². The van der Waals surface area contributed by atoms with Crippen LogP contribution in [0, 0.1) is 5.41 Å². The van der Waals surface area contributed by atoms with Crippen LogP contribution in [-0.4, -0.2) is 65.8 Å². The summed E-state index contributed by atoms with van der Waals surface area (Å²) in [6, 6.07) is 1.01. The van der Waals surface area contributed by atoms with Gasteiger partial charge in [-0.25, -0.2) is 4.79 Å². The Labute approximate surface area is 155 Å². The molecule has 1 aromatic rings. The second-order valence-electron chi connectivity index (χ2n) is 7.82. The molecule has 1 spiro atoms. The van der Waals surface area contributed by atoms with Crippen molar-refractivity contribution in [3.63, 3.8) is 0 Å². The smallest absolute Gasteiger partial charge is 0.360 e. The van der Waals surface area contributed by atoms with E-state index in [4.69, 9.17) is 9.08 Å². The van der Waals surface area contributed by atoms with E-state index in [0.717, 1.165) is 31.0 Å². The average Bonchev–Trinajstić information content (AvgIpc) is 3.06. The lowest BCUT2D eigenvalue weighted by molar-refractivity contribution is -0.0527. The van der Waals surface area contributed by atoms with Gasteiger partial charge >= 0.3 is 16.4 Å². The molecule has 0 unspecified atom stereocenters. The molecule has 11 nitrogen and oxygen atoms in total. The fourth-order valence-electron chi connectivity index (χ4n) is 4.33. The minimum Gasteiger partial charge on any atom is -0.360 e. The van der Waals surface area contributed by atoms with Crippen molar-refractivity contribution in [1.29, 1.82) is 0 Å². The van der Waals surface area contributed by atoms with Crippen LogP contribution in [0.4, 0.5) is 4.79 Å². The van der Waals surface area contributed by atoms with Crippen molar-refractivity contribution >= 4 is 16.4 Å². The molecule has 12 heteroatoms. The van der Waals surface area contributed by atoms with E-state index in [1.165, 1.54) is 0 Å². The molecule has 2 bridgehead atoms. The predicted molar refractivity (Wildman–Crippen MR) is 89.4 cm³/mol. The number of nitrogens with one attached hydrogen (secondary N) is 2. The van der Waals surface area contributed by atoms with E-state index >= 15 is 0 Å². The van der Waals surface area contributed by atoms with Gasteiger partial charge in [-0.1, -0.05) is 5.16 Å². The van der Waals surface area contributed by atoms with Crippen molar-refractivity contribution in [2.24, 2.45) is 5.41 Å². The Morgan fingerprint density at radius 2 is 2.22 bits per heavy atom. The summed E-state index contributed by atoms with van der Waals surface area (Å²) < 4.78 is 41.3. The summed E-state index contributed by atoms with van der Waals surface area (Å²) in [4.78, 5) is 14.3. The Kier molecular flexibility index (Phi) is 3.78. The minimum atomic E-state index is -4.76. The molecule has 1 saturated carbocycles. The number of rotatable bonds is 6. The summed E-state index contributed by atoms with van der Waals surface area (Å²) in [7, 11) is -4.76. The Balaban J connectivity index is 1.35. The normalized spacial score (nSPS) is 29.4. The molecule has 3 saturated heterocycles. The summed E-state index contributed by atoms with van der Waals surface area (Å²) in [5, 5.41) is 11.5. The first-order valence-corrected chi connectivity index (χ1v) is 10.4. The van der Waals surface area contributed by atoms with Gasteiger partial charge in [-0.05, 0) is 24.7 Å². The number of hydrogen-bond donors (Lipinski definition) is 3. The van der Waals surface area contributed by atoms with E-state index in [-0.39, 0.29) is 17.5 Å². The standard InChI is InChI=1S/C15H21N5O6S/c21-14-19-8-13(20(14)26-27(22,23)24)15(1-2-15)4-12(19)11-3-10(25-18-11)7-17-9-5-16-6-9/h3,9,12-13,16-17H,1-2,4-8H2,(H,22,23,24)/t12-,13-/m0/s1. The number of amides is 2. The van der Waals surface area contributed by atoms with Crippen molar-refractivity contribution in [3.05, 3.63) is 17.5 Å². The third-order valence-electron chi connectivity index (χ3n) is 6.10. The lowest BCUT2D eigenvalue weighted by atomic mass is 9.84. The quantitative estimate of drug-likeness (QED) is 0.555. The van der Waals surface area contributed by atoms with Gasteiger partial charge < -0.3 is 20.1 Å². The maximum Gasteiger partial charge on any atom is 0.418 e. The summed E-state index contributed by atoms with van der Waals surface area (Å²) >= 11 is 0. The second-order valence-corrected chi connectivity index (χ2v) is 8.82. The van der Waals surface area contributed by atoms with Crippen LogP contribution in [-0.2, 0) is 21.2 Å². The molecule has 5 rings (SSSR count). The molecule has 3 N–H and O–H groups in total. The van der Waals surface area contributed by atoms with Crippen LogP contribution in [0.15, 0.2) is 10.6 Å². The van der Waals surface area contributed by atoms with Gasteiger partial charge in [0.15, 0.2) is 5.76 Å². The largest absolute Gasteiger partial charge is 0.418 e. The van der Waals surface area contributed by atoms with Gasteiger partial charge in [0, 0.05) is 31.7 Å². The molecule has 4 fully saturated rings. The highest BCUT2D eigenvalue weighted by molar-refractivity contribution is 7.80. The molecule has 2 amide bonds. The average molecular weight is 399 g/mol. The summed E-state index contributed by atoms with van der Waals surface area (Å²) in [5.74, 6) is 0.696. The van der Waals surface area contributed by atoms with Gasteiger partial charge in [-0.2, -0.15) is 13.5 Å². The van der Waals surface area contributed by atoms with Crippen LogP contribution in [0.5, 0.6) is 0 Å². The van der Waals surface area contributed by atoms with Gasteiger partial charge in [0.1, 0.15) is 5.69 Å². The SMILES string of the molecule is O=C1N2C[C@H](N1OS(=O)(=O)O)C1(CC1)C[C@H]2c1cc(CNC2CNC2)on1. The van der Waals surface area contributed by atoms with Crippen LogP contribution in [0.3, 0.4) is 0 Å². The van der Waals surface area contributed by atoms with Gasteiger partial charge in [0.2, 0.25) is 0 Å². The maximum absolute atomic E-state index is 12.7. The topological polar surface area (TPSA) is 137 Å². The molecule has 0 radical (unpaired) electrons. The second kappa shape index (κ2) is 5.88. The molecule has 148 valence electrons. The molecule has 4 heterocycles. The first-order chi connectivity index (χ1) is 12.8. The van der Waals surface area contributed by atoms with E-state index in [0.29, 0.717) is 37.0 Å². The fraction of sp³-hybridized carbons (Fsp3) is 0.733. The number of hydrogen-bond acceptors (Lipinski definition) is 8. The van der Waals surface area contributed by atoms with E-state index in [2.05, 4.69) is 20.1 Å². The number of hydroxylamine groups is 2. The van der Waals surface area contributed by atoms with E-state index < -0.39 is 16.4 Å². The zero-order chi connectivity index (χ0) is 18.8. The fourth-order valence-corrected chi connectivity index (χ4v) is 4.70. The summed E-state index contributed by atoms with van der Waals surface area (Å²) in [5.41, 5.74) is 0.456. The zero-order valence-corrected chi connectivity index (χ0v) is 15.3. The predicted octanol–water partition coefficient (Wildman–Crippen LogP) is -0.198. The van der Waals surface area contributed by atoms with Gasteiger partial charge in [-0.15, -0.1) is 4.28 Å². The Morgan fingerprint density at radius 1 is 1.44 bits per heavy atom. The first-order valence-electron chi connectivity index (χ1n) is 9.01. The number of piperidine rings is 1. The zero-order valence-electron chi connectivity index (χ0n) is 14.5. The molecule has 1 aliphatic carbocycles. The van der Waals surface area contributed by atoms with Crippen LogP contribution in [0.2, 0.25) is 0 Å². The third-order valence-corrected chi connectivity index (χ3v) is 6.45. The molecule has 1 aromatic heterocycles. The molecular weight excluding hydrogens is 378 g/mol. The molecule has 27 heavy (non-hydrogen) atoms. The van der Waals surface area contributed by atoms with Crippen LogP contribution >= 0.6 is 0 Å². The molecule has 3 aliphatic heterocycles. The Hall–Kier alpha value is -1.73. The van der Waals surface area contributed by atoms with Crippen molar-refractivity contribution < 1.29 is 26.6 Å². The van der Waals surface area contributed by atoms with Crippen molar-refractivity contribution in [2.45, 2.75) is 43.9 Å². The molecule has 2 atom stereocenters. The number of nitrogens with zero attached hydrogens (tertiary/aromatic N) is 3. The van der Waals surface area contributed by atoms with E-state index in [9.17, 15) is 13.2 Å². The molecular formula is C15H21N5O6S. The Morgan fingerprint density at radius 3 is 2.85 bits per heavy atom. The lowest BCUT2D eigenvalue weighted by Gasteiger charge is -2.35. The number of carbonyl (C=O) groups excluding carboxylic acids is 1. The van der Waals surface area contributed by atoms with Crippen LogP contribution in [0.25, 0.3) is 0 Å². The van der Waals surface area contributed by atoms with Gasteiger partial charge in [-0.3, -0.25) is 4.55 Å². The summed E-state index contributed by atoms with van der Waals surface area (Å²) in [6.07, 6.45) is 2.42. The highest BCUT2D eigenvalue weighted by Gasteiger charge is 2.64. The van der Waals surface area contributed by atoms with Crippen LogP contribution < -0.4 is 10.6 Å². The van der Waals surface area contributed by atoms with Crippen molar-refractivity contribution in [3.8, 4) is 0 Å². The Bertz CT molecular complexity index is 864. The highest BCUT2D eigenvalue weighted by Crippen LogP contribution is 2.61. The lowest BCUT2D eigenvalue weighted by Crippen LogP contribution is -2.54. The first kappa shape index (κ1) is 17.4. The maximum atomic E-state index is 12.7. The highest BCUT2D eigenvalue weighted by atomic mass is 32.3. The number of urea groups is 1. The summed E-state index contributed by atoms with van der Waals surface area (Å²) in [6.45, 7) is 2.76. The molecule has 4 aliphatic rings. The monoisotopic (exact) mass is 399 g/mol. The number of aromatic nitrogens is 1. The van der Waals surface area contributed by atoms with Crippen LogP contribution in [0.1, 0.15) is 36.8 Å². The number of carbonyl (C=O) groups is 1.